The highest BCUT2D eigenvalue weighted by Crippen LogP contribution is 2.23. The summed E-state index contributed by atoms with van der Waals surface area (Å²) in [5, 5.41) is 14.4. The van der Waals surface area contributed by atoms with Crippen LogP contribution in [-0.2, 0) is 11.3 Å². The first-order valence-corrected chi connectivity index (χ1v) is 8.14. The number of aromatic nitrogens is 1. The molecule has 0 saturated carbocycles. The zero-order valence-electron chi connectivity index (χ0n) is 13.0. The van der Waals surface area contributed by atoms with E-state index in [0.29, 0.717) is 19.4 Å². The molecule has 0 aliphatic rings. The van der Waals surface area contributed by atoms with Gasteiger partial charge in [0.15, 0.2) is 0 Å². The number of aliphatic hydroxyl groups is 1. The van der Waals surface area contributed by atoms with Gasteiger partial charge in [0, 0.05) is 4.88 Å². The van der Waals surface area contributed by atoms with Gasteiger partial charge in [-0.15, -0.1) is 11.3 Å². The minimum Gasteiger partial charge on any atom is -0.389 e. The summed E-state index contributed by atoms with van der Waals surface area (Å²) in [6.07, 6.45) is 3.30. The third-order valence-corrected chi connectivity index (χ3v) is 4.44. The van der Waals surface area contributed by atoms with Gasteiger partial charge in [0.2, 0.25) is 5.91 Å². The third-order valence-electron chi connectivity index (χ3n) is 3.37. The van der Waals surface area contributed by atoms with Crippen molar-refractivity contribution in [2.45, 2.75) is 71.9 Å². The van der Waals surface area contributed by atoms with E-state index in [4.69, 9.17) is 0 Å². The van der Waals surface area contributed by atoms with E-state index in [1.165, 1.54) is 0 Å². The lowest BCUT2D eigenvalue weighted by Gasteiger charge is -2.26. The number of rotatable bonds is 8. The van der Waals surface area contributed by atoms with Gasteiger partial charge >= 0.3 is 0 Å². The van der Waals surface area contributed by atoms with Crippen LogP contribution >= 0.6 is 11.3 Å². The topological polar surface area (TPSA) is 62.2 Å². The number of nitrogens with zero attached hydrogens (tertiary/aromatic N) is 1. The summed E-state index contributed by atoms with van der Waals surface area (Å²) in [6, 6.07) is 0. The van der Waals surface area contributed by atoms with Gasteiger partial charge in [-0.05, 0) is 26.7 Å². The molecule has 0 fully saturated rings. The Labute approximate surface area is 125 Å². The van der Waals surface area contributed by atoms with Crippen LogP contribution < -0.4 is 5.32 Å². The van der Waals surface area contributed by atoms with E-state index in [9.17, 15) is 9.90 Å². The SMILES string of the molecule is CCCC(O)(CCC)CC(=O)NCc1sc(C)nc1C. The van der Waals surface area contributed by atoms with E-state index in [1.54, 1.807) is 11.3 Å². The van der Waals surface area contributed by atoms with Gasteiger partial charge in [0.1, 0.15) is 0 Å². The molecule has 1 heterocycles. The molecule has 0 saturated heterocycles. The summed E-state index contributed by atoms with van der Waals surface area (Å²) in [6.45, 7) is 8.48. The molecular weight excluding hydrogens is 272 g/mol. The molecule has 0 spiro atoms. The van der Waals surface area contributed by atoms with Crippen molar-refractivity contribution in [3.8, 4) is 0 Å². The predicted octanol–water partition coefficient (Wildman–Crippen LogP) is 3.10. The molecule has 0 aliphatic carbocycles. The molecule has 1 aromatic heterocycles. The van der Waals surface area contributed by atoms with E-state index < -0.39 is 5.60 Å². The van der Waals surface area contributed by atoms with Crippen LogP contribution in [0.3, 0.4) is 0 Å². The Hall–Kier alpha value is -0.940. The van der Waals surface area contributed by atoms with E-state index in [2.05, 4.69) is 10.3 Å². The first-order valence-electron chi connectivity index (χ1n) is 7.32. The van der Waals surface area contributed by atoms with E-state index in [1.807, 2.05) is 27.7 Å². The highest BCUT2D eigenvalue weighted by Gasteiger charge is 2.28. The predicted molar refractivity (Wildman–Crippen MR) is 82.8 cm³/mol. The maximum atomic E-state index is 12.0. The van der Waals surface area contributed by atoms with Crippen LogP contribution in [0.5, 0.6) is 0 Å². The molecule has 0 bridgehead atoms. The average molecular weight is 298 g/mol. The lowest BCUT2D eigenvalue weighted by atomic mass is 9.89. The van der Waals surface area contributed by atoms with E-state index in [0.717, 1.165) is 28.4 Å². The van der Waals surface area contributed by atoms with Crippen LogP contribution in [0.1, 0.15) is 61.5 Å². The highest BCUT2D eigenvalue weighted by atomic mass is 32.1. The Morgan fingerprint density at radius 3 is 2.35 bits per heavy atom. The fourth-order valence-corrected chi connectivity index (χ4v) is 3.39. The van der Waals surface area contributed by atoms with Crippen LogP contribution in [-0.4, -0.2) is 21.6 Å². The first-order chi connectivity index (χ1) is 9.40. The Bertz CT molecular complexity index is 437. The van der Waals surface area contributed by atoms with Gasteiger partial charge in [-0.1, -0.05) is 26.7 Å². The van der Waals surface area contributed by atoms with Crippen LogP contribution in [0.2, 0.25) is 0 Å². The van der Waals surface area contributed by atoms with Crippen molar-refractivity contribution in [1.29, 1.82) is 0 Å². The highest BCUT2D eigenvalue weighted by molar-refractivity contribution is 7.11. The summed E-state index contributed by atoms with van der Waals surface area (Å²) in [4.78, 5) is 17.4. The fourth-order valence-electron chi connectivity index (χ4n) is 2.51. The lowest BCUT2D eigenvalue weighted by molar-refractivity contribution is -0.126. The summed E-state index contributed by atoms with van der Waals surface area (Å²) in [5.74, 6) is -0.0835. The first kappa shape index (κ1) is 17.1. The van der Waals surface area contributed by atoms with E-state index in [-0.39, 0.29) is 12.3 Å². The number of nitrogens with one attached hydrogen (secondary N) is 1. The normalized spacial score (nSPS) is 11.7. The van der Waals surface area contributed by atoms with E-state index >= 15 is 0 Å². The molecule has 1 aromatic rings. The second kappa shape index (κ2) is 7.74. The monoisotopic (exact) mass is 298 g/mol. The maximum Gasteiger partial charge on any atom is 0.223 e. The van der Waals surface area contributed by atoms with Crippen LogP contribution in [0, 0.1) is 13.8 Å². The molecule has 0 unspecified atom stereocenters. The number of carbonyl (C=O) groups is 1. The molecule has 5 heteroatoms. The smallest absolute Gasteiger partial charge is 0.223 e. The van der Waals surface area contributed by atoms with Gasteiger partial charge in [0.05, 0.1) is 29.3 Å². The second-order valence-electron chi connectivity index (χ2n) is 5.42. The van der Waals surface area contributed by atoms with Gasteiger partial charge in [-0.25, -0.2) is 4.98 Å². The van der Waals surface area contributed by atoms with Crippen LogP contribution in [0.25, 0.3) is 0 Å². The Morgan fingerprint density at radius 1 is 1.30 bits per heavy atom. The van der Waals surface area contributed by atoms with Crippen LogP contribution in [0.15, 0.2) is 0 Å². The lowest BCUT2D eigenvalue weighted by Crippen LogP contribution is -2.36. The quantitative estimate of drug-likeness (QED) is 0.775. The minimum atomic E-state index is -0.855. The molecule has 0 aliphatic heterocycles. The van der Waals surface area contributed by atoms with Crippen molar-refractivity contribution in [2.75, 3.05) is 0 Å². The molecule has 20 heavy (non-hydrogen) atoms. The van der Waals surface area contributed by atoms with Crippen molar-refractivity contribution in [1.82, 2.24) is 10.3 Å². The third kappa shape index (κ3) is 5.21. The van der Waals surface area contributed by atoms with Crippen molar-refractivity contribution in [3.05, 3.63) is 15.6 Å². The maximum absolute atomic E-state index is 12.0. The van der Waals surface area contributed by atoms with Gasteiger partial charge < -0.3 is 10.4 Å². The standard InChI is InChI=1S/C15H26N2O2S/c1-5-7-15(19,8-6-2)9-14(18)16-10-13-11(3)17-12(4)20-13/h19H,5-10H2,1-4H3,(H,16,18). The molecule has 1 amide bonds. The van der Waals surface area contributed by atoms with Gasteiger partial charge in [0.25, 0.3) is 0 Å². The molecule has 0 atom stereocenters. The molecule has 0 radical (unpaired) electrons. The molecule has 1 rings (SSSR count). The zero-order valence-corrected chi connectivity index (χ0v) is 13.8. The van der Waals surface area contributed by atoms with Gasteiger partial charge in [-0.3, -0.25) is 4.79 Å². The Morgan fingerprint density at radius 2 is 1.90 bits per heavy atom. The van der Waals surface area contributed by atoms with Crippen molar-refractivity contribution >= 4 is 17.2 Å². The summed E-state index contributed by atoms with van der Waals surface area (Å²) < 4.78 is 0. The largest absolute Gasteiger partial charge is 0.389 e. The molecule has 4 nitrogen and oxygen atoms in total. The molecule has 0 aromatic carbocycles. The molecule has 2 N–H and O–H groups in total. The summed E-state index contributed by atoms with van der Waals surface area (Å²) in [7, 11) is 0. The molecule has 114 valence electrons. The Balaban J connectivity index is 2.51. The number of hydrogen-bond acceptors (Lipinski definition) is 4. The summed E-state index contributed by atoms with van der Waals surface area (Å²) in [5.41, 5.74) is 0.122. The Kier molecular flexibility index (Phi) is 6.62. The average Bonchev–Trinajstić information content (AvgIpc) is 2.65. The second-order valence-corrected chi connectivity index (χ2v) is 6.71. The number of carbonyl (C=O) groups excluding carboxylic acids is 1. The minimum absolute atomic E-state index is 0.0835. The zero-order chi connectivity index (χ0) is 15.2. The van der Waals surface area contributed by atoms with Gasteiger partial charge in [-0.2, -0.15) is 0 Å². The van der Waals surface area contributed by atoms with Crippen molar-refractivity contribution < 1.29 is 9.90 Å². The van der Waals surface area contributed by atoms with Crippen molar-refractivity contribution in [3.63, 3.8) is 0 Å². The number of aryl methyl sites for hydroxylation is 2. The number of amides is 1. The van der Waals surface area contributed by atoms with Crippen molar-refractivity contribution in [2.24, 2.45) is 0 Å². The fraction of sp³-hybridized carbons (Fsp3) is 0.733. The summed E-state index contributed by atoms with van der Waals surface area (Å²) >= 11 is 1.61. The molecular formula is C15H26N2O2S. The number of hydrogen-bond donors (Lipinski definition) is 2. The number of thiazole rings is 1. The van der Waals surface area contributed by atoms with Crippen LogP contribution in [0.4, 0.5) is 0 Å².